The molecule has 4 rings (SSSR count). The average molecular weight is 402 g/mol. The highest BCUT2D eigenvalue weighted by Gasteiger charge is 2.22. The minimum Gasteiger partial charge on any atom is -0.317 e. The summed E-state index contributed by atoms with van der Waals surface area (Å²) in [6.45, 7) is 8.37. The number of benzene rings is 2. The van der Waals surface area contributed by atoms with Gasteiger partial charge < -0.3 is 4.57 Å². The molecule has 154 valence electrons. The van der Waals surface area contributed by atoms with Gasteiger partial charge in [0.15, 0.2) is 11.2 Å². The summed E-state index contributed by atoms with van der Waals surface area (Å²) < 4.78 is 4.75. The molecule has 2 aromatic heterocycles. The van der Waals surface area contributed by atoms with Crippen molar-refractivity contribution in [2.24, 2.45) is 5.92 Å². The smallest absolute Gasteiger partial charge is 0.317 e. The Morgan fingerprint density at radius 2 is 1.60 bits per heavy atom. The van der Waals surface area contributed by atoms with Crippen LogP contribution in [0.15, 0.2) is 70.5 Å². The lowest BCUT2D eigenvalue weighted by Gasteiger charge is -2.17. The van der Waals surface area contributed by atoms with E-state index in [2.05, 4.69) is 4.98 Å². The van der Waals surface area contributed by atoms with Gasteiger partial charge in [0.2, 0.25) is 0 Å². The second-order valence-corrected chi connectivity index (χ2v) is 8.17. The van der Waals surface area contributed by atoms with Crippen LogP contribution in [0.1, 0.15) is 37.9 Å². The predicted molar refractivity (Wildman–Crippen MR) is 119 cm³/mol. The van der Waals surface area contributed by atoms with Crippen LogP contribution in [0.3, 0.4) is 0 Å². The summed E-state index contributed by atoms with van der Waals surface area (Å²) in [6.07, 6.45) is 1.66. The molecule has 0 radical (unpaired) electrons. The Hall–Kier alpha value is -3.41. The molecule has 6 heteroatoms. The summed E-state index contributed by atoms with van der Waals surface area (Å²) in [7, 11) is 0. The monoisotopic (exact) mass is 402 g/mol. The lowest BCUT2D eigenvalue weighted by Crippen LogP contribution is -2.41. The molecule has 6 nitrogen and oxygen atoms in total. The SMILES string of the molecule is Cc1ccc(-n2c(=O)n(CC(C)C)c(=O)c3c2ncn3C(C)c2ccccc2)cc1. The van der Waals surface area contributed by atoms with Crippen LogP contribution in [0.4, 0.5) is 0 Å². The molecule has 0 aliphatic heterocycles. The van der Waals surface area contributed by atoms with Gasteiger partial charge in [0, 0.05) is 6.54 Å². The van der Waals surface area contributed by atoms with Gasteiger partial charge >= 0.3 is 5.69 Å². The predicted octanol–water partition coefficient (Wildman–Crippen LogP) is 3.92. The molecule has 0 bridgehead atoms. The number of nitrogens with zero attached hydrogens (tertiary/aromatic N) is 4. The molecular weight excluding hydrogens is 376 g/mol. The van der Waals surface area contributed by atoms with E-state index < -0.39 is 0 Å². The Bertz CT molecular complexity index is 1300. The summed E-state index contributed by atoms with van der Waals surface area (Å²) in [5.74, 6) is 0.155. The van der Waals surface area contributed by atoms with Crippen molar-refractivity contribution in [1.82, 2.24) is 18.7 Å². The zero-order chi connectivity index (χ0) is 21.4. The fraction of sp³-hybridized carbons (Fsp3) is 0.292. The number of imidazole rings is 1. The molecule has 0 saturated carbocycles. The van der Waals surface area contributed by atoms with Gasteiger partial charge in [-0.3, -0.25) is 9.36 Å². The zero-order valence-electron chi connectivity index (χ0n) is 17.7. The molecule has 2 heterocycles. The zero-order valence-corrected chi connectivity index (χ0v) is 17.7. The van der Waals surface area contributed by atoms with Gasteiger partial charge in [-0.1, -0.05) is 61.9 Å². The molecule has 2 aromatic carbocycles. The second kappa shape index (κ2) is 7.78. The fourth-order valence-corrected chi connectivity index (χ4v) is 3.79. The van der Waals surface area contributed by atoms with Crippen molar-refractivity contribution in [3.63, 3.8) is 0 Å². The van der Waals surface area contributed by atoms with Crippen LogP contribution in [-0.2, 0) is 6.54 Å². The molecule has 0 aliphatic rings. The average Bonchev–Trinajstić information content (AvgIpc) is 3.17. The third-order valence-electron chi connectivity index (χ3n) is 5.40. The molecule has 0 amide bonds. The van der Waals surface area contributed by atoms with Crippen molar-refractivity contribution < 1.29 is 0 Å². The molecular formula is C24H26N4O2. The lowest BCUT2D eigenvalue weighted by atomic mass is 10.1. The van der Waals surface area contributed by atoms with Gasteiger partial charge in [-0.05, 0) is 37.5 Å². The summed E-state index contributed by atoms with van der Waals surface area (Å²) in [6, 6.07) is 17.6. The number of hydrogen-bond donors (Lipinski definition) is 0. The van der Waals surface area contributed by atoms with Gasteiger partial charge in [0.1, 0.15) is 0 Å². The Morgan fingerprint density at radius 1 is 0.933 bits per heavy atom. The van der Waals surface area contributed by atoms with Crippen LogP contribution >= 0.6 is 0 Å². The van der Waals surface area contributed by atoms with Gasteiger partial charge in [0.05, 0.1) is 18.1 Å². The molecule has 1 atom stereocenters. The second-order valence-electron chi connectivity index (χ2n) is 8.17. The molecule has 0 aliphatic carbocycles. The molecule has 0 fully saturated rings. The first-order chi connectivity index (χ1) is 14.4. The van der Waals surface area contributed by atoms with E-state index in [9.17, 15) is 9.59 Å². The highest BCUT2D eigenvalue weighted by atomic mass is 16.2. The van der Waals surface area contributed by atoms with E-state index in [1.807, 2.05) is 86.9 Å². The fourth-order valence-electron chi connectivity index (χ4n) is 3.79. The van der Waals surface area contributed by atoms with E-state index in [1.165, 1.54) is 4.57 Å². The minimum absolute atomic E-state index is 0.0969. The third-order valence-corrected chi connectivity index (χ3v) is 5.40. The van der Waals surface area contributed by atoms with E-state index in [4.69, 9.17) is 0 Å². The maximum Gasteiger partial charge on any atom is 0.337 e. The van der Waals surface area contributed by atoms with E-state index in [-0.39, 0.29) is 23.2 Å². The van der Waals surface area contributed by atoms with E-state index in [0.29, 0.717) is 23.4 Å². The highest BCUT2D eigenvalue weighted by molar-refractivity contribution is 5.73. The van der Waals surface area contributed by atoms with Gasteiger partial charge in [-0.2, -0.15) is 0 Å². The Morgan fingerprint density at radius 3 is 2.23 bits per heavy atom. The Labute approximate surface area is 175 Å². The number of rotatable bonds is 5. The normalized spacial score (nSPS) is 12.6. The van der Waals surface area contributed by atoms with Crippen LogP contribution in [0.2, 0.25) is 0 Å². The van der Waals surface area contributed by atoms with Gasteiger partial charge in [0.25, 0.3) is 5.56 Å². The topological polar surface area (TPSA) is 61.8 Å². The standard InChI is InChI=1S/C24H26N4O2/c1-16(2)14-26-23(29)21-22(28(24(26)30)20-12-10-17(3)11-13-20)25-15-27(21)18(4)19-8-6-5-7-9-19/h5-13,15-16,18H,14H2,1-4H3. The molecule has 4 aromatic rings. The van der Waals surface area contributed by atoms with E-state index >= 15 is 0 Å². The first-order valence-electron chi connectivity index (χ1n) is 10.2. The third kappa shape index (κ3) is 3.38. The van der Waals surface area contributed by atoms with Crippen LogP contribution < -0.4 is 11.2 Å². The maximum absolute atomic E-state index is 13.4. The quantitative estimate of drug-likeness (QED) is 0.508. The molecule has 0 saturated heterocycles. The van der Waals surface area contributed by atoms with E-state index in [1.54, 1.807) is 10.9 Å². The van der Waals surface area contributed by atoms with Crippen molar-refractivity contribution in [1.29, 1.82) is 0 Å². The number of hydrogen-bond acceptors (Lipinski definition) is 3. The van der Waals surface area contributed by atoms with Crippen molar-refractivity contribution in [2.75, 3.05) is 0 Å². The molecule has 30 heavy (non-hydrogen) atoms. The maximum atomic E-state index is 13.4. The first-order valence-corrected chi connectivity index (χ1v) is 10.2. The largest absolute Gasteiger partial charge is 0.337 e. The summed E-state index contributed by atoms with van der Waals surface area (Å²) in [5, 5.41) is 0. The summed E-state index contributed by atoms with van der Waals surface area (Å²) in [5.41, 5.74) is 3.03. The van der Waals surface area contributed by atoms with E-state index in [0.717, 1.165) is 11.1 Å². The number of aromatic nitrogens is 4. The lowest BCUT2D eigenvalue weighted by molar-refractivity contribution is 0.488. The Balaban J connectivity index is 2.04. The van der Waals surface area contributed by atoms with Crippen LogP contribution in [0.5, 0.6) is 0 Å². The molecule has 1 unspecified atom stereocenters. The van der Waals surface area contributed by atoms with Crippen LogP contribution in [-0.4, -0.2) is 18.7 Å². The highest BCUT2D eigenvalue weighted by Crippen LogP contribution is 2.22. The number of aryl methyl sites for hydroxylation is 1. The first kappa shape index (κ1) is 19.9. The van der Waals surface area contributed by atoms with Crippen molar-refractivity contribution >= 4 is 11.2 Å². The van der Waals surface area contributed by atoms with Crippen molar-refractivity contribution in [2.45, 2.75) is 40.3 Å². The Kier molecular flexibility index (Phi) is 5.16. The molecule has 0 N–H and O–H groups in total. The summed E-state index contributed by atoms with van der Waals surface area (Å²) >= 11 is 0. The van der Waals surface area contributed by atoms with Gasteiger partial charge in [-0.15, -0.1) is 0 Å². The van der Waals surface area contributed by atoms with Crippen molar-refractivity contribution in [3.8, 4) is 5.69 Å². The van der Waals surface area contributed by atoms with Gasteiger partial charge in [-0.25, -0.2) is 14.3 Å². The van der Waals surface area contributed by atoms with Crippen molar-refractivity contribution in [3.05, 3.63) is 92.9 Å². The minimum atomic E-state index is -0.359. The number of fused-ring (bicyclic) bond motifs is 1. The van der Waals surface area contributed by atoms with Crippen LogP contribution in [0, 0.1) is 12.8 Å². The molecule has 0 spiro atoms. The summed E-state index contributed by atoms with van der Waals surface area (Å²) in [4.78, 5) is 31.3. The van der Waals surface area contributed by atoms with Crippen LogP contribution in [0.25, 0.3) is 16.9 Å².